The zero-order valence-electron chi connectivity index (χ0n) is 9.68. The summed E-state index contributed by atoms with van der Waals surface area (Å²) in [6, 6.07) is 0. The molecular weight excluding hydrogens is 164 g/mol. The molecule has 0 aromatic rings. The molecule has 0 spiro atoms. The largest absolute Gasteiger partial charge is 0.350 e. The summed E-state index contributed by atoms with van der Waals surface area (Å²) in [5, 5.41) is 0. The van der Waals surface area contributed by atoms with Crippen molar-refractivity contribution < 1.29 is 9.47 Å². The molecule has 0 amide bonds. The van der Waals surface area contributed by atoms with E-state index in [1.165, 1.54) is 0 Å². The van der Waals surface area contributed by atoms with Crippen molar-refractivity contribution in [3.63, 3.8) is 0 Å². The molecule has 2 nitrogen and oxygen atoms in total. The van der Waals surface area contributed by atoms with Crippen LogP contribution in [0.25, 0.3) is 0 Å². The van der Waals surface area contributed by atoms with E-state index in [9.17, 15) is 0 Å². The fraction of sp³-hybridized carbons (Fsp3) is 0.818. The van der Waals surface area contributed by atoms with Crippen LogP contribution in [0.3, 0.4) is 0 Å². The van der Waals surface area contributed by atoms with Gasteiger partial charge in [0.1, 0.15) is 0 Å². The van der Waals surface area contributed by atoms with Gasteiger partial charge in [0.05, 0.1) is 0 Å². The molecule has 0 atom stereocenters. The van der Waals surface area contributed by atoms with E-state index in [0.29, 0.717) is 0 Å². The predicted octanol–water partition coefficient (Wildman–Crippen LogP) is 2.99. The minimum Gasteiger partial charge on any atom is -0.350 e. The third-order valence-corrected chi connectivity index (χ3v) is 1.89. The van der Waals surface area contributed by atoms with Crippen LogP contribution in [0, 0.1) is 5.41 Å². The summed E-state index contributed by atoms with van der Waals surface area (Å²) >= 11 is 0. The van der Waals surface area contributed by atoms with Gasteiger partial charge in [-0.05, 0) is 18.4 Å². The molecule has 0 aromatic heterocycles. The molecule has 0 aliphatic heterocycles. The molecule has 2 heteroatoms. The van der Waals surface area contributed by atoms with Gasteiger partial charge in [-0.1, -0.05) is 26.8 Å². The molecule has 0 fully saturated rings. The Balaban J connectivity index is 4.58. The second-order valence-electron chi connectivity index (χ2n) is 4.46. The first-order valence-electron chi connectivity index (χ1n) is 4.63. The van der Waals surface area contributed by atoms with E-state index in [1.807, 2.05) is 19.1 Å². The van der Waals surface area contributed by atoms with Crippen LogP contribution in [0.5, 0.6) is 0 Å². The molecule has 0 heterocycles. The summed E-state index contributed by atoms with van der Waals surface area (Å²) in [6.45, 7) is 8.48. The van der Waals surface area contributed by atoms with E-state index < -0.39 is 5.79 Å². The fourth-order valence-electron chi connectivity index (χ4n) is 1.42. The monoisotopic (exact) mass is 186 g/mol. The molecule has 0 unspecified atom stereocenters. The van der Waals surface area contributed by atoms with Gasteiger partial charge in [-0.25, -0.2) is 0 Å². The van der Waals surface area contributed by atoms with Crippen LogP contribution in [0.4, 0.5) is 0 Å². The van der Waals surface area contributed by atoms with Crippen LogP contribution in [0.15, 0.2) is 12.2 Å². The Labute approximate surface area is 81.9 Å². The van der Waals surface area contributed by atoms with Crippen molar-refractivity contribution in [1.29, 1.82) is 0 Å². The lowest BCUT2D eigenvalue weighted by atomic mass is 9.87. The highest BCUT2D eigenvalue weighted by Crippen LogP contribution is 2.31. The summed E-state index contributed by atoms with van der Waals surface area (Å²) in [5.41, 5.74) is 0.186. The molecule has 0 aliphatic rings. The number of rotatable bonds is 4. The normalized spacial score (nSPS) is 14.0. The minimum atomic E-state index is -0.562. The van der Waals surface area contributed by atoms with Gasteiger partial charge in [0.2, 0.25) is 0 Å². The maximum atomic E-state index is 5.39. The van der Waals surface area contributed by atoms with Crippen LogP contribution >= 0.6 is 0 Å². The van der Waals surface area contributed by atoms with Crippen molar-refractivity contribution in [3.05, 3.63) is 12.2 Å². The van der Waals surface area contributed by atoms with Gasteiger partial charge in [-0.3, -0.25) is 0 Å². The van der Waals surface area contributed by atoms with Crippen LogP contribution in [0.2, 0.25) is 0 Å². The second kappa shape index (κ2) is 4.77. The van der Waals surface area contributed by atoms with Gasteiger partial charge < -0.3 is 9.47 Å². The molecule has 0 aliphatic carbocycles. The molecule has 0 rings (SSSR count). The average molecular weight is 186 g/mol. The van der Waals surface area contributed by atoms with E-state index in [0.717, 1.165) is 6.42 Å². The number of allylic oxidation sites excluding steroid dienone is 1. The van der Waals surface area contributed by atoms with Crippen LogP contribution < -0.4 is 0 Å². The number of hydrogen-bond acceptors (Lipinski definition) is 2. The van der Waals surface area contributed by atoms with Gasteiger partial charge in [0.25, 0.3) is 0 Å². The molecule has 0 bridgehead atoms. The molecule has 78 valence electrons. The smallest absolute Gasteiger partial charge is 0.187 e. The highest BCUT2D eigenvalue weighted by atomic mass is 16.7. The SMILES string of the molecule is C/C=C/C(CC(C)(C)C)(OC)OC. The summed E-state index contributed by atoms with van der Waals surface area (Å²) in [5.74, 6) is -0.562. The Hall–Kier alpha value is -0.340. The Bertz CT molecular complexity index is 161. The lowest BCUT2D eigenvalue weighted by Crippen LogP contribution is -2.35. The first kappa shape index (κ1) is 12.7. The zero-order valence-corrected chi connectivity index (χ0v) is 9.68. The molecule has 0 saturated heterocycles. The Morgan fingerprint density at radius 2 is 1.54 bits per heavy atom. The lowest BCUT2D eigenvalue weighted by molar-refractivity contribution is -0.187. The first-order chi connectivity index (χ1) is 5.89. The molecule has 0 saturated carbocycles. The van der Waals surface area contributed by atoms with Crippen molar-refractivity contribution in [2.45, 2.75) is 39.9 Å². The van der Waals surface area contributed by atoms with Crippen LogP contribution in [-0.2, 0) is 9.47 Å². The lowest BCUT2D eigenvalue weighted by Gasteiger charge is -2.33. The predicted molar refractivity (Wildman–Crippen MR) is 55.6 cm³/mol. The summed E-state index contributed by atoms with van der Waals surface area (Å²) < 4.78 is 10.8. The van der Waals surface area contributed by atoms with Gasteiger partial charge in [0, 0.05) is 20.6 Å². The third kappa shape index (κ3) is 4.44. The molecular formula is C11H22O2. The van der Waals surface area contributed by atoms with E-state index in [-0.39, 0.29) is 5.41 Å². The third-order valence-electron chi connectivity index (χ3n) is 1.89. The van der Waals surface area contributed by atoms with Crippen LogP contribution in [-0.4, -0.2) is 20.0 Å². The van der Waals surface area contributed by atoms with Gasteiger partial charge in [-0.2, -0.15) is 0 Å². The maximum Gasteiger partial charge on any atom is 0.187 e. The number of ether oxygens (including phenoxy) is 2. The Kier molecular flexibility index (Phi) is 4.65. The summed E-state index contributed by atoms with van der Waals surface area (Å²) in [6.07, 6.45) is 4.76. The minimum absolute atomic E-state index is 0.186. The summed E-state index contributed by atoms with van der Waals surface area (Å²) in [4.78, 5) is 0. The molecule has 0 N–H and O–H groups in total. The first-order valence-corrected chi connectivity index (χ1v) is 4.63. The maximum absolute atomic E-state index is 5.39. The average Bonchev–Trinajstić information content (AvgIpc) is 2.01. The Morgan fingerprint density at radius 3 is 1.77 bits per heavy atom. The number of methoxy groups -OCH3 is 2. The van der Waals surface area contributed by atoms with Crippen molar-refractivity contribution in [1.82, 2.24) is 0 Å². The quantitative estimate of drug-likeness (QED) is 0.496. The molecule has 13 heavy (non-hydrogen) atoms. The highest BCUT2D eigenvalue weighted by molar-refractivity contribution is 4.96. The number of hydrogen-bond donors (Lipinski definition) is 0. The molecule has 0 radical (unpaired) electrons. The van der Waals surface area contributed by atoms with Gasteiger partial charge in [-0.15, -0.1) is 0 Å². The standard InChI is InChI=1S/C11H22O2/c1-7-8-11(12-5,13-6)9-10(2,3)4/h7-8H,9H2,1-6H3/b8-7+. The van der Waals surface area contributed by atoms with Crippen molar-refractivity contribution in [3.8, 4) is 0 Å². The van der Waals surface area contributed by atoms with Gasteiger partial charge in [0.15, 0.2) is 5.79 Å². The van der Waals surface area contributed by atoms with Crippen molar-refractivity contribution in [2.75, 3.05) is 14.2 Å². The zero-order chi connectivity index (χ0) is 10.5. The fourth-order valence-corrected chi connectivity index (χ4v) is 1.42. The summed E-state index contributed by atoms with van der Waals surface area (Å²) in [7, 11) is 3.35. The Morgan fingerprint density at radius 1 is 1.08 bits per heavy atom. The van der Waals surface area contributed by atoms with Crippen LogP contribution in [0.1, 0.15) is 34.1 Å². The van der Waals surface area contributed by atoms with E-state index in [1.54, 1.807) is 14.2 Å². The second-order valence-corrected chi connectivity index (χ2v) is 4.46. The molecule has 0 aromatic carbocycles. The topological polar surface area (TPSA) is 18.5 Å². The van der Waals surface area contributed by atoms with E-state index in [2.05, 4.69) is 20.8 Å². The highest BCUT2D eigenvalue weighted by Gasteiger charge is 2.31. The van der Waals surface area contributed by atoms with Crippen molar-refractivity contribution >= 4 is 0 Å². The van der Waals surface area contributed by atoms with E-state index in [4.69, 9.17) is 9.47 Å². The van der Waals surface area contributed by atoms with Gasteiger partial charge >= 0.3 is 0 Å². The van der Waals surface area contributed by atoms with E-state index >= 15 is 0 Å². The van der Waals surface area contributed by atoms with Crippen molar-refractivity contribution in [2.24, 2.45) is 5.41 Å².